The Bertz CT molecular complexity index is 854. The van der Waals surface area contributed by atoms with E-state index >= 15 is 0 Å². The van der Waals surface area contributed by atoms with E-state index in [0.717, 1.165) is 39.1 Å². The van der Waals surface area contributed by atoms with Crippen molar-refractivity contribution in [2.75, 3.05) is 5.75 Å². The highest BCUT2D eigenvalue weighted by molar-refractivity contribution is 8.15. The molecule has 0 unspecified atom stereocenters. The van der Waals surface area contributed by atoms with E-state index in [0.29, 0.717) is 11.6 Å². The zero-order valence-electron chi connectivity index (χ0n) is 10.5. The maximum Gasteiger partial charge on any atom is 0.250 e. The van der Waals surface area contributed by atoms with E-state index in [2.05, 4.69) is 29.2 Å². The van der Waals surface area contributed by atoms with Crippen LogP contribution in [-0.4, -0.2) is 35.4 Å². The van der Waals surface area contributed by atoms with Gasteiger partial charge in [-0.25, -0.2) is 10.4 Å². The Morgan fingerprint density at radius 1 is 1.29 bits per heavy atom. The van der Waals surface area contributed by atoms with Crippen LogP contribution in [0.5, 0.6) is 0 Å². The van der Waals surface area contributed by atoms with Gasteiger partial charge in [-0.2, -0.15) is 13.8 Å². The quantitative estimate of drug-likeness (QED) is 0.749. The summed E-state index contributed by atoms with van der Waals surface area (Å²) in [4.78, 5) is 18.9. The molecule has 0 saturated carbocycles. The highest BCUT2D eigenvalue weighted by Gasteiger charge is 2.15. The zero-order chi connectivity index (χ0) is 14.2. The molecule has 3 heterocycles. The highest BCUT2D eigenvalue weighted by atomic mass is 32.2. The van der Waals surface area contributed by atoms with Crippen molar-refractivity contribution >= 4 is 45.5 Å². The van der Waals surface area contributed by atoms with Crippen LogP contribution >= 0.6 is 23.5 Å². The molecule has 1 aromatic carbocycles. The minimum absolute atomic E-state index is 0.0806. The fourth-order valence-electron chi connectivity index (χ4n) is 1.99. The number of aromatic amines is 1. The molecule has 1 amide bonds. The number of hydrazone groups is 1. The van der Waals surface area contributed by atoms with Crippen molar-refractivity contribution in [2.24, 2.45) is 5.10 Å². The van der Waals surface area contributed by atoms with Gasteiger partial charge in [0.1, 0.15) is 10.7 Å². The van der Waals surface area contributed by atoms with Gasteiger partial charge in [0.15, 0.2) is 5.82 Å². The summed E-state index contributed by atoms with van der Waals surface area (Å²) in [5, 5.41) is 4.85. The first-order valence-corrected chi connectivity index (χ1v) is 7.78. The number of imidazole rings is 1. The van der Waals surface area contributed by atoms with Gasteiger partial charge >= 0.3 is 0 Å². The minimum Gasteiger partial charge on any atom is -0.337 e. The molecule has 1 aliphatic rings. The molecule has 2 N–H and O–H groups in total. The molecule has 0 fully saturated rings. The second-order valence-electron chi connectivity index (χ2n) is 4.35. The Hall–Kier alpha value is -2.26. The molecule has 0 saturated heterocycles. The second kappa shape index (κ2) is 4.93. The maximum atomic E-state index is 11.1. The fraction of sp³-hybridized carbons (Fsp3) is 0.0833. The lowest BCUT2D eigenvalue weighted by atomic mass is 10.2. The Kier molecular flexibility index (Phi) is 2.93. The van der Waals surface area contributed by atoms with Gasteiger partial charge in [-0.05, 0) is 18.2 Å². The van der Waals surface area contributed by atoms with Crippen molar-refractivity contribution in [3.05, 3.63) is 30.0 Å². The van der Waals surface area contributed by atoms with E-state index in [1.807, 2.05) is 18.2 Å². The number of hydrogen-bond acceptors (Lipinski definition) is 7. The number of carbonyl (C=O) groups excluding carboxylic acids is 1. The smallest absolute Gasteiger partial charge is 0.250 e. The van der Waals surface area contributed by atoms with Crippen LogP contribution in [0.3, 0.4) is 0 Å². The molecule has 0 aliphatic carbocycles. The monoisotopic (exact) mass is 316 g/mol. The Balaban J connectivity index is 1.75. The lowest BCUT2D eigenvalue weighted by Gasteiger charge is -2.11. The first-order valence-electron chi connectivity index (χ1n) is 6.07. The molecule has 0 spiro atoms. The first-order chi connectivity index (χ1) is 10.3. The topological polar surface area (TPSA) is 95.9 Å². The third-order valence-electron chi connectivity index (χ3n) is 2.96. The predicted octanol–water partition coefficient (Wildman–Crippen LogP) is 1.61. The normalized spacial score (nSPS) is 15.0. The minimum atomic E-state index is -0.0806. The molecule has 9 heteroatoms. The van der Waals surface area contributed by atoms with Crippen molar-refractivity contribution in [2.45, 2.75) is 0 Å². The van der Waals surface area contributed by atoms with Crippen molar-refractivity contribution in [3.8, 4) is 11.5 Å². The van der Waals surface area contributed by atoms with Crippen LogP contribution in [0.15, 0.2) is 29.5 Å². The van der Waals surface area contributed by atoms with Gasteiger partial charge in [-0.1, -0.05) is 11.8 Å². The van der Waals surface area contributed by atoms with Gasteiger partial charge in [-0.15, -0.1) is 0 Å². The van der Waals surface area contributed by atoms with Gasteiger partial charge in [0, 0.05) is 5.56 Å². The van der Waals surface area contributed by atoms with Gasteiger partial charge in [0.25, 0.3) is 5.91 Å². The number of fused-ring (bicyclic) bond motifs is 1. The number of carbonyl (C=O) groups is 1. The lowest BCUT2D eigenvalue weighted by Crippen LogP contribution is -2.26. The number of hydrogen-bond donors (Lipinski definition) is 2. The molecular weight excluding hydrogens is 308 g/mol. The lowest BCUT2D eigenvalue weighted by molar-refractivity contribution is -0.118. The van der Waals surface area contributed by atoms with E-state index < -0.39 is 0 Å². The molecule has 0 bridgehead atoms. The van der Waals surface area contributed by atoms with Gasteiger partial charge < -0.3 is 4.98 Å². The van der Waals surface area contributed by atoms with E-state index in [1.165, 1.54) is 11.8 Å². The number of aromatic nitrogens is 4. The van der Waals surface area contributed by atoms with E-state index in [9.17, 15) is 4.79 Å². The molecule has 0 radical (unpaired) electrons. The number of rotatable bonds is 2. The summed E-state index contributed by atoms with van der Waals surface area (Å²) in [6, 6.07) is 5.84. The molecule has 0 atom stereocenters. The van der Waals surface area contributed by atoms with Crippen LogP contribution in [0.1, 0.15) is 5.56 Å². The number of H-pyrrole nitrogens is 1. The molecule has 3 aromatic rings. The summed E-state index contributed by atoms with van der Waals surface area (Å²) >= 11 is 2.56. The maximum absolute atomic E-state index is 11.1. The third-order valence-corrected chi connectivity index (χ3v) is 4.44. The Labute approximate surface area is 127 Å². The molecule has 7 nitrogen and oxygen atoms in total. The summed E-state index contributed by atoms with van der Waals surface area (Å²) in [5.41, 5.74) is 5.91. The second-order valence-corrected chi connectivity index (χ2v) is 5.87. The predicted molar refractivity (Wildman–Crippen MR) is 82.1 cm³/mol. The third kappa shape index (κ3) is 2.30. The summed E-state index contributed by atoms with van der Waals surface area (Å²) in [7, 11) is 0. The van der Waals surface area contributed by atoms with Crippen LogP contribution in [0, 0.1) is 0 Å². The zero-order valence-corrected chi connectivity index (χ0v) is 12.2. The van der Waals surface area contributed by atoms with E-state index in [1.54, 1.807) is 6.20 Å². The van der Waals surface area contributed by atoms with Gasteiger partial charge in [-0.3, -0.25) is 4.79 Å². The van der Waals surface area contributed by atoms with E-state index in [4.69, 9.17) is 0 Å². The molecule has 4 rings (SSSR count). The summed E-state index contributed by atoms with van der Waals surface area (Å²) in [6.07, 6.45) is 1.68. The van der Waals surface area contributed by atoms with E-state index in [-0.39, 0.29) is 5.91 Å². The summed E-state index contributed by atoms with van der Waals surface area (Å²) < 4.78 is 8.14. The number of nitrogens with one attached hydrogen (secondary N) is 2. The van der Waals surface area contributed by atoms with Crippen molar-refractivity contribution in [1.29, 1.82) is 0 Å². The number of benzene rings is 1. The first kappa shape index (κ1) is 12.5. The largest absolute Gasteiger partial charge is 0.337 e. The molecule has 21 heavy (non-hydrogen) atoms. The summed E-state index contributed by atoms with van der Waals surface area (Å²) in [5.74, 6) is 0.998. The number of nitrogens with zero attached hydrogens (tertiary/aromatic N) is 4. The Morgan fingerprint density at radius 2 is 2.24 bits per heavy atom. The van der Waals surface area contributed by atoms with Crippen LogP contribution in [-0.2, 0) is 4.79 Å². The number of amides is 1. The summed E-state index contributed by atoms with van der Waals surface area (Å²) in [6.45, 7) is 0. The SMILES string of the molecule is O=C1CSC(c2ccc3[nH]c(-c4cnsn4)nc3c2)=NN1. The highest BCUT2D eigenvalue weighted by Crippen LogP contribution is 2.23. The van der Waals surface area contributed by atoms with Gasteiger partial charge in [0.2, 0.25) is 0 Å². The standard InChI is InChI=1S/C12H8N6OS2/c19-10-5-20-12(17-16-10)6-1-2-7-8(3-6)15-11(14-7)9-4-13-21-18-9/h1-4H,5H2,(H,14,15)(H,16,19). The average molecular weight is 316 g/mol. The molecular formula is C12H8N6OS2. The molecule has 2 aromatic heterocycles. The van der Waals surface area contributed by atoms with Crippen LogP contribution in [0.2, 0.25) is 0 Å². The van der Waals surface area contributed by atoms with Crippen LogP contribution in [0.4, 0.5) is 0 Å². The van der Waals surface area contributed by atoms with Crippen molar-refractivity contribution < 1.29 is 4.79 Å². The average Bonchev–Trinajstić information content (AvgIpc) is 3.16. The van der Waals surface area contributed by atoms with Crippen LogP contribution in [0.25, 0.3) is 22.6 Å². The number of thioether (sulfide) groups is 1. The van der Waals surface area contributed by atoms with Crippen molar-refractivity contribution in [3.63, 3.8) is 0 Å². The molecule has 104 valence electrons. The Morgan fingerprint density at radius 3 is 3.00 bits per heavy atom. The van der Waals surface area contributed by atoms with Crippen LogP contribution < -0.4 is 5.43 Å². The van der Waals surface area contributed by atoms with Gasteiger partial charge in [0.05, 0.1) is 34.7 Å². The van der Waals surface area contributed by atoms with Crippen molar-refractivity contribution in [1.82, 2.24) is 24.1 Å². The fourth-order valence-corrected chi connectivity index (χ4v) is 3.14. The molecule has 1 aliphatic heterocycles.